The van der Waals surface area contributed by atoms with Crippen molar-refractivity contribution in [1.82, 2.24) is 15.2 Å². The van der Waals surface area contributed by atoms with Gasteiger partial charge in [0.2, 0.25) is 0 Å². The molecule has 0 unspecified atom stereocenters. The molecule has 0 aliphatic carbocycles. The molecule has 114 valence electrons. The van der Waals surface area contributed by atoms with Crippen molar-refractivity contribution in [3.05, 3.63) is 48.7 Å². The summed E-state index contributed by atoms with van der Waals surface area (Å²) in [7, 11) is 3.25. The number of para-hydroxylation sites is 1. The van der Waals surface area contributed by atoms with Gasteiger partial charge in [0.25, 0.3) is 0 Å². The van der Waals surface area contributed by atoms with E-state index in [0.717, 1.165) is 33.1 Å². The van der Waals surface area contributed by atoms with E-state index in [-0.39, 0.29) is 0 Å². The first-order valence-electron chi connectivity index (χ1n) is 7.26. The molecular formula is C18H15N3O2. The summed E-state index contributed by atoms with van der Waals surface area (Å²) in [6.07, 6.45) is 1.85. The van der Waals surface area contributed by atoms with Gasteiger partial charge in [-0.15, -0.1) is 0 Å². The Kier molecular flexibility index (Phi) is 3.12. The highest BCUT2D eigenvalue weighted by atomic mass is 16.5. The van der Waals surface area contributed by atoms with Crippen molar-refractivity contribution < 1.29 is 9.47 Å². The van der Waals surface area contributed by atoms with E-state index in [1.54, 1.807) is 14.2 Å². The van der Waals surface area contributed by atoms with Crippen LogP contribution < -0.4 is 9.47 Å². The minimum absolute atomic E-state index is 0.676. The maximum Gasteiger partial charge on any atom is 0.161 e. The van der Waals surface area contributed by atoms with Crippen LogP contribution in [0.3, 0.4) is 0 Å². The maximum absolute atomic E-state index is 5.38. The van der Waals surface area contributed by atoms with Crippen LogP contribution in [0.5, 0.6) is 11.5 Å². The van der Waals surface area contributed by atoms with Gasteiger partial charge in [-0.05, 0) is 24.3 Å². The summed E-state index contributed by atoms with van der Waals surface area (Å²) < 4.78 is 10.7. The predicted molar refractivity (Wildman–Crippen MR) is 89.9 cm³/mol. The second-order valence-electron chi connectivity index (χ2n) is 5.21. The smallest absolute Gasteiger partial charge is 0.161 e. The van der Waals surface area contributed by atoms with Gasteiger partial charge in [0, 0.05) is 22.5 Å². The van der Waals surface area contributed by atoms with Gasteiger partial charge >= 0.3 is 0 Å². The Balaban J connectivity index is 1.94. The number of nitrogens with one attached hydrogen (secondary N) is 1. The molecule has 0 aliphatic rings. The molecule has 0 spiro atoms. The average Bonchev–Trinajstić information content (AvgIpc) is 3.05. The molecule has 0 saturated carbocycles. The van der Waals surface area contributed by atoms with Crippen LogP contribution in [0.4, 0.5) is 0 Å². The van der Waals surface area contributed by atoms with E-state index in [4.69, 9.17) is 9.47 Å². The van der Waals surface area contributed by atoms with Crippen LogP contribution in [0.2, 0.25) is 0 Å². The minimum atomic E-state index is 0.676. The molecule has 0 aliphatic heterocycles. The Labute approximate surface area is 132 Å². The van der Waals surface area contributed by atoms with Crippen molar-refractivity contribution in [1.29, 1.82) is 0 Å². The van der Waals surface area contributed by atoms with E-state index in [1.165, 1.54) is 0 Å². The highest BCUT2D eigenvalue weighted by Gasteiger charge is 2.13. The summed E-state index contributed by atoms with van der Waals surface area (Å²) in [6.45, 7) is 0. The molecule has 0 amide bonds. The van der Waals surface area contributed by atoms with Gasteiger partial charge in [0.15, 0.2) is 11.5 Å². The topological polar surface area (TPSA) is 60.0 Å². The Morgan fingerprint density at radius 3 is 2.57 bits per heavy atom. The molecule has 1 N–H and O–H groups in total. The van der Waals surface area contributed by atoms with Crippen molar-refractivity contribution in [2.75, 3.05) is 14.2 Å². The fourth-order valence-corrected chi connectivity index (χ4v) is 2.82. The van der Waals surface area contributed by atoms with Gasteiger partial charge in [0.05, 0.1) is 25.3 Å². The molecule has 2 aromatic carbocycles. The van der Waals surface area contributed by atoms with Crippen molar-refractivity contribution in [3.63, 3.8) is 0 Å². The van der Waals surface area contributed by atoms with Crippen LogP contribution >= 0.6 is 0 Å². The second kappa shape index (κ2) is 5.28. The first kappa shape index (κ1) is 13.6. The number of hydrogen-bond acceptors (Lipinski definition) is 4. The third-order valence-electron chi connectivity index (χ3n) is 3.97. The number of methoxy groups -OCH3 is 2. The summed E-state index contributed by atoms with van der Waals surface area (Å²) in [5.41, 5.74) is 3.73. The van der Waals surface area contributed by atoms with Gasteiger partial charge < -0.3 is 9.47 Å². The summed E-state index contributed by atoms with van der Waals surface area (Å²) in [5, 5.41) is 9.66. The molecule has 2 heterocycles. The highest BCUT2D eigenvalue weighted by Crippen LogP contribution is 2.35. The van der Waals surface area contributed by atoms with Gasteiger partial charge in [0.1, 0.15) is 5.69 Å². The quantitative estimate of drug-likeness (QED) is 0.625. The zero-order valence-electron chi connectivity index (χ0n) is 12.8. The van der Waals surface area contributed by atoms with E-state index in [2.05, 4.69) is 15.2 Å². The summed E-state index contributed by atoms with van der Waals surface area (Å²) >= 11 is 0. The maximum atomic E-state index is 5.38. The zero-order valence-corrected chi connectivity index (χ0v) is 12.8. The fourth-order valence-electron chi connectivity index (χ4n) is 2.82. The SMILES string of the molecule is COc1ccc(-c2n[nH]c3c2cnc2ccccc23)cc1OC. The third kappa shape index (κ3) is 2.09. The number of pyridine rings is 1. The van der Waals surface area contributed by atoms with Crippen LogP contribution in [0.15, 0.2) is 48.7 Å². The standard InChI is InChI=1S/C18H15N3O2/c1-22-15-8-7-11(9-16(15)23-2)17-13-10-19-14-6-4-3-5-12(14)18(13)21-20-17/h3-10H,1-2H3,(H,20,21). The molecule has 0 saturated heterocycles. The van der Waals surface area contributed by atoms with Gasteiger partial charge in [-0.2, -0.15) is 5.10 Å². The lowest BCUT2D eigenvalue weighted by Crippen LogP contribution is -1.91. The summed E-state index contributed by atoms with van der Waals surface area (Å²) in [6, 6.07) is 13.8. The van der Waals surface area contributed by atoms with Crippen LogP contribution in [0, 0.1) is 0 Å². The van der Waals surface area contributed by atoms with Crippen molar-refractivity contribution >= 4 is 21.8 Å². The van der Waals surface area contributed by atoms with Crippen LogP contribution in [0.1, 0.15) is 0 Å². The molecule has 4 aromatic rings. The van der Waals surface area contributed by atoms with Crippen LogP contribution in [-0.2, 0) is 0 Å². The number of ether oxygens (including phenoxy) is 2. The van der Waals surface area contributed by atoms with Crippen molar-refractivity contribution in [2.24, 2.45) is 0 Å². The minimum Gasteiger partial charge on any atom is -0.493 e. The first-order chi connectivity index (χ1) is 11.3. The molecule has 0 radical (unpaired) electrons. The molecule has 5 nitrogen and oxygen atoms in total. The summed E-state index contributed by atoms with van der Waals surface area (Å²) in [4.78, 5) is 4.53. The number of benzene rings is 2. The van der Waals surface area contributed by atoms with E-state index in [0.29, 0.717) is 11.5 Å². The van der Waals surface area contributed by atoms with Gasteiger partial charge in [-0.25, -0.2) is 0 Å². The lowest BCUT2D eigenvalue weighted by Gasteiger charge is -2.08. The largest absolute Gasteiger partial charge is 0.493 e. The number of nitrogens with zero attached hydrogens (tertiary/aromatic N) is 2. The van der Waals surface area contributed by atoms with Gasteiger partial charge in [-0.1, -0.05) is 18.2 Å². The van der Waals surface area contributed by atoms with E-state index in [1.807, 2.05) is 48.7 Å². The molecule has 0 bridgehead atoms. The molecule has 2 aromatic heterocycles. The predicted octanol–water partition coefficient (Wildman–Crippen LogP) is 3.80. The lowest BCUT2D eigenvalue weighted by atomic mass is 10.1. The molecule has 0 atom stereocenters. The normalized spacial score (nSPS) is 11.0. The Hall–Kier alpha value is -3.08. The number of aromatic nitrogens is 3. The number of H-pyrrole nitrogens is 1. The fraction of sp³-hybridized carbons (Fsp3) is 0.111. The van der Waals surface area contributed by atoms with Crippen LogP contribution in [-0.4, -0.2) is 29.4 Å². The molecule has 23 heavy (non-hydrogen) atoms. The monoisotopic (exact) mass is 305 g/mol. The Morgan fingerprint density at radius 1 is 0.913 bits per heavy atom. The highest BCUT2D eigenvalue weighted by molar-refractivity contribution is 6.07. The van der Waals surface area contributed by atoms with Crippen molar-refractivity contribution in [2.45, 2.75) is 0 Å². The molecular weight excluding hydrogens is 290 g/mol. The first-order valence-corrected chi connectivity index (χ1v) is 7.26. The van der Waals surface area contributed by atoms with Crippen LogP contribution in [0.25, 0.3) is 33.1 Å². The zero-order chi connectivity index (χ0) is 15.8. The molecule has 0 fully saturated rings. The summed E-state index contributed by atoms with van der Waals surface area (Å²) in [5.74, 6) is 1.37. The second-order valence-corrected chi connectivity index (χ2v) is 5.21. The van der Waals surface area contributed by atoms with Crippen molar-refractivity contribution in [3.8, 4) is 22.8 Å². The lowest BCUT2D eigenvalue weighted by molar-refractivity contribution is 0.355. The third-order valence-corrected chi connectivity index (χ3v) is 3.97. The average molecular weight is 305 g/mol. The van der Waals surface area contributed by atoms with E-state index < -0.39 is 0 Å². The van der Waals surface area contributed by atoms with E-state index in [9.17, 15) is 0 Å². The Morgan fingerprint density at radius 2 is 1.74 bits per heavy atom. The van der Waals surface area contributed by atoms with E-state index >= 15 is 0 Å². The number of hydrogen-bond donors (Lipinski definition) is 1. The number of rotatable bonds is 3. The van der Waals surface area contributed by atoms with Gasteiger partial charge in [-0.3, -0.25) is 10.1 Å². The molecule has 4 rings (SSSR count). The number of aromatic amines is 1. The number of fused-ring (bicyclic) bond motifs is 3. The molecule has 5 heteroatoms. The Bertz CT molecular complexity index is 1010.